The van der Waals surface area contributed by atoms with Crippen molar-refractivity contribution in [3.63, 3.8) is 0 Å². The van der Waals surface area contributed by atoms with Gasteiger partial charge in [0.05, 0.1) is 7.11 Å². The monoisotopic (exact) mass is 485 g/mol. The fourth-order valence-electron chi connectivity index (χ4n) is 3.67. The quantitative estimate of drug-likeness (QED) is 0.225. The molecule has 2 aromatic heterocycles. The van der Waals surface area contributed by atoms with Crippen LogP contribution < -0.4 is 14.8 Å². The Balaban J connectivity index is 1.38. The van der Waals surface area contributed by atoms with E-state index in [4.69, 9.17) is 19.0 Å². The van der Waals surface area contributed by atoms with E-state index in [0.29, 0.717) is 35.8 Å². The molecule has 0 saturated carbocycles. The summed E-state index contributed by atoms with van der Waals surface area (Å²) in [6.07, 6.45) is 4.02. The predicted molar refractivity (Wildman–Crippen MR) is 132 cm³/mol. The number of fused-ring (bicyclic) bond motifs is 1. The van der Waals surface area contributed by atoms with Crippen molar-refractivity contribution in [2.75, 3.05) is 13.7 Å². The van der Waals surface area contributed by atoms with Crippen LogP contribution in [0.3, 0.4) is 0 Å². The molecule has 0 unspecified atom stereocenters. The zero-order valence-electron chi connectivity index (χ0n) is 19.4. The molecule has 0 fully saturated rings. The summed E-state index contributed by atoms with van der Waals surface area (Å²) in [4.78, 5) is 26.7. The third kappa shape index (κ3) is 5.56. The van der Waals surface area contributed by atoms with E-state index in [-0.39, 0.29) is 17.9 Å². The molecule has 0 aliphatic heterocycles. The lowest BCUT2D eigenvalue weighted by Crippen LogP contribution is -2.26. The van der Waals surface area contributed by atoms with Crippen LogP contribution in [-0.2, 0) is 17.8 Å². The van der Waals surface area contributed by atoms with Gasteiger partial charge in [0, 0.05) is 23.6 Å². The second-order valence-corrected chi connectivity index (χ2v) is 7.81. The summed E-state index contributed by atoms with van der Waals surface area (Å²) in [5.74, 6) is -0.691. The third-order valence-electron chi connectivity index (χ3n) is 5.46. The molecule has 0 atom stereocenters. The van der Waals surface area contributed by atoms with E-state index in [1.54, 1.807) is 18.2 Å². The highest BCUT2D eigenvalue weighted by molar-refractivity contribution is 6.01. The summed E-state index contributed by atoms with van der Waals surface area (Å²) in [5.41, 5.74) is 2.66. The van der Waals surface area contributed by atoms with Crippen LogP contribution in [0.1, 0.15) is 27.4 Å². The molecule has 0 bridgehead atoms. The van der Waals surface area contributed by atoms with Crippen LogP contribution in [0.4, 0.5) is 0 Å². The summed E-state index contributed by atoms with van der Waals surface area (Å²) < 4.78 is 16.2. The van der Waals surface area contributed by atoms with E-state index in [9.17, 15) is 14.9 Å². The number of hydrogen-bond donors (Lipinski definition) is 3. The Morgan fingerprint density at radius 3 is 2.75 bits per heavy atom. The summed E-state index contributed by atoms with van der Waals surface area (Å²) in [7, 11) is 1.47. The molecule has 0 aliphatic rings. The molecule has 2 heterocycles. The number of ether oxygens (including phenoxy) is 2. The number of hydrogen-bond acceptors (Lipinski definition) is 6. The molecular formula is C27H23N3O6. The fraction of sp³-hybridized carbons (Fsp3) is 0.148. The number of carbonyl (C=O) groups excluding carboxylic acids is 1. The summed E-state index contributed by atoms with van der Waals surface area (Å²) >= 11 is 0. The number of carbonyl (C=O) groups is 2. The number of furan rings is 1. The van der Waals surface area contributed by atoms with Gasteiger partial charge < -0.3 is 29.3 Å². The van der Waals surface area contributed by atoms with E-state index >= 15 is 0 Å². The van der Waals surface area contributed by atoms with Crippen LogP contribution in [0.5, 0.6) is 11.5 Å². The number of methoxy groups -OCH3 is 1. The molecule has 0 radical (unpaired) electrons. The van der Waals surface area contributed by atoms with Gasteiger partial charge in [-0.1, -0.05) is 24.3 Å². The predicted octanol–water partition coefficient (Wildman–Crippen LogP) is 4.31. The van der Waals surface area contributed by atoms with E-state index in [0.717, 1.165) is 16.5 Å². The van der Waals surface area contributed by atoms with Gasteiger partial charge in [-0.05, 0) is 54.0 Å². The van der Waals surface area contributed by atoms with Crippen LogP contribution in [0.15, 0.2) is 70.8 Å². The van der Waals surface area contributed by atoms with E-state index in [1.807, 2.05) is 36.5 Å². The van der Waals surface area contributed by atoms with Crippen LogP contribution >= 0.6 is 0 Å². The van der Waals surface area contributed by atoms with Crippen LogP contribution in [0.25, 0.3) is 17.0 Å². The number of para-hydroxylation sites is 1. The minimum Gasteiger partial charge on any atom is -0.493 e. The fourth-order valence-corrected chi connectivity index (χ4v) is 3.67. The second-order valence-electron chi connectivity index (χ2n) is 7.81. The lowest BCUT2D eigenvalue weighted by molar-refractivity contribution is -0.117. The van der Waals surface area contributed by atoms with Gasteiger partial charge in [0.25, 0.3) is 5.91 Å². The highest BCUT2D eigenvalue weighted by Gasteiger charge is 2.13. The molecule has 1 amide bonds. The Hall–Kier alpha value is -4.97. The topological polar surface area (TPSA) is 138 Å². The van der Waals surface area contributed by atoms with Crippen molar-refractivity contribution in [3.05, 3.63) is 89.0 Å². The van der Waals surface area contributed by atoms with Crippen molar-refractivity contribution in [2.24, 2.45) is 0 Å². The first-order chi connectivity index (χ1) is 17.5. The van der Waals surface area contributed by atoms with Gasteiger partial charge in [-0.3, -0.25) is 4.79 Å². The number of nitrogens with one attached hydrogen (secondary N) is 2. The molecular weight excluding hydrogens is 462 g/mol. The molecule has 2 aromatic carbocycles. The number of amides is 1. The van der Waals surface area contributed by atoms with E-state index < -0.39 is 11.9 Å². The van der Waals surface area contributed by atoms with Crippen LogP contribution in [-0.4, -0.2) is 35.6 Å². The Kier molecular flexibility index (Phi) is 7.36. The molecule has 0 aliphatic carbocycles. The van der Waals surface area contributed by atoms with Gasteiger partial charge in [-0.25, -0.2) is 4.79 Å². The highest BCUT2D eigenvalue weighted by Crippen LogP contribution is 2.30. The van der Waals surface area contributed by atoms with Crippen molar-refractivity contribution >= 4 is 28.9 Å². The third-order valence-corrected chi connectivity index (χ3v) is 5.46. The number of nitrogens with zero attached hydrogens (tertiary/aromatic N) is 1. The van der Waals surface area contributed by atoms with Crippen molar-refractivity contribution in [2.45, 2.75) is 13.0 Å². The molecule has 36 heavy (non-hydrogen) atoms. The first-order valence-corrected chi connectivity index (χ1v) is 11.1. The van der Waals surface area contributed by atoms with Gasteiger partial charge in [0.1, 0.15) is 24.0 Å². The number of nitriles is 1. The molecule has 0 spiro atoms. The Morgan fingerprint density at radius 1 is 1.17 bits per heavy atom. The van der Waals surface area contributed by atoms with Crippen molar-refractivity contribution in [3.8, 4) is 17.6 Å². The van der Waals surface area contributed by atoms with E-state index in [1.165, 1.54) is 25.3 Å². The average molecular weight is 485 g/mol. The largest absolute Gasteiger partial charge is 0.493 e. The molecule has 4 aromatic rings. The van der Waals surface area contributed by atoms with Crippen LogP contribution in [0, 0.1) is 11.3 Å². The number of H-pyrrole nitrogens is 1. The molecule has 9 nitrogen and oxygen atoms in total. The number of carboxylic acids is 1. The number of benzene rings is 2. The summed E-state index contributed by atoms with van der Waals surface area (Å²) in [6, 6.07) is 17.7. The van der Waals surface area contributed by atoms with Gasteiger partial charge >= 0.3 is 5.97 Å². The normalized spacial score (nSPS) is 11.2. The molecule has 0 saturated heterocycles. The van der Waals surface area contributed by atoms with Crippen molar-refractivity contribution in [1.29, 1.82) is 5.26 Å². The van der Waals surface area contributed by atoms with Gasteiger partial charge in [0.15, 0.2) is 11.5 Å². The second kappa shape index (κ2) is 11.0. The summed E-state index contributed by atoms with van der Waals surface area (Å²) in [5, 5.41) is 22.4. The highest BCUT2D eigenvalue weighted by atomic mass is 16.5. The maximum atomic E-state index is 12.6. The Labute approximate surface area is 206 Å². The standard InChI is InChI=1S/C27H23N3O6/c1-34-25-13-17(6-8-23(25)35-16-20-7-9-24(36-20)27(32)33)12-19(14-28)26(31)29-11-10-18-15-30-22-5-3-2-4-21(18)22/h2-9,12-13,15,30H,10-11,16H2,1H3,(H,29,31)(H,32,33)/b19-12-. The number of aromatic carboxylic acids is 1. The smallest absolute Gasteiger partial charge is 0.371 e. The maximum absolute atomic E-state index is 12.6. The SMILES string of the molecule is COc1cc(/C=C(/C#N)C(=O)NCCc2c[nH]c3ccccc23)ccc1OCc1ccc(C(=O)O)o1. The van der Waals surface area contributed by atoms with Gasteiger partial charge in [0.2, 0.25) is 5.76 Å². The molecule has 9 heteroatoms. The molecule has 4 rings (SSSR count). The van der Waals surface area contributed by atoms with Gasteiger partial charge in [-0.15, -0.1) is 0 Å². The number of rotatable bonds is 10. The van der Waals surface area contributed by atoms with Gasteiger partial charge in [-0.2, -0.15) is 5.26 Å². The summed E-state index contributed by atoms with van der Waals surface area (Å²) in [6.45, 7) is 0.382. The van der Waals surface area contributed by atoms with Crippen molar-refractivity contribution in [1.82, 2.24) is 10.3 Å². The molecule has 182 valence electrons. The zero-order valence-corrected chi connectivity index (χ0v) is 19.4. The van der Waals surface area contributed by atoms with E-state index in [2.05, 4.69) is 10.3 Å². The first kappa shape index (κ1) is 24.2. The lowest BCUT2D eigenvalue weighted by atomic mass is 10.1. The zero-order chi connectivity index (χ0) is 25.5. The average Bonchev–Trinajstić information content (AvgIpc) is 3.54. The number of aromatic nitrogens is 1. The maximum Gasteiger partial charge on any atom is 0.371 e. The number of aromatic amines is 1. The Bertz CT molecular complexity index is 1470. The molecule has 3 N–H and O–H groups in total. The number of carboxylic acid groups (broad SMARTS) is 1. The lowest BCUT2D eigenvalue weighted by Gasteiger charge is -2.10. The van der Waals surface area contributed by atoms with Crippen molar-refractivity contribution < 1.29 is 28.6 Å². The first-order valence-electron chi connectivity index (χ1n) is 11.1. The minimum atomic E-state index is -1.16. The van der Waals surface area contributed by atoms with Crippen LogP contribution in [0.2, 0.25) is 0 Å². The Morgan fingerprint density at radius 2 is 2.00 bits per heavy atom. The minimum absolute atomic E-state index is 0.00110.